The SMILES string of the molecule is COC[Si](C)(OC)O[Si](C)(COC)O[Si](C)(COC)OC. The zero-order valence-electron chi connectivity index (χ0n) is 14.5. The van der Waals surface area contributed by atoms with Crippen LogP contribution in [0.15, 0.2) is 0 Å². The van der Waals surface area contributed by atoms with Crippen molar-refractivity contribution in [3.05, 3.63) is 0 Å². The lowest BCUT2D eigenvalue weighted by molar-refractivity contribution is 0.142. The molecular formula is C11H30O7Si3. The number of methoxy groups -OCH3 is 3. The van der Waals surface area contributed by atoms with E-state index in [1.165, 1.54) is 0 Å². The van der Waals surface area contributed by atoms with Crippen LogP contribution in [0.3, 0.4) is 0 Å². The van der Waals surface area contributed by atoms with Gasteiger partial charge in [0.1, 0.15) is 0 Å². The van der Waals surface area contributed by atoms with Gasteiger partial charge in [0.25, 0.3) is 0 Å². The molecule has 2 atom stereocenters. The van der Waals surface area contributed by atoms with E-state index in [-0.39, 0.29) is 0 Å². The fraction of sp³-hybridized carbons (Fsp3) is 1.00. The van der Waals surface area contributed by atoms with Gasteiger partial charge in [0.15, 0.2) is 0 Å². The largest absolute Gasteiger partial charge is 0.413 e. The van der Waals surface area contributed by atoms with Crippen LogP contribution in [0.2, 0.25) is 19.6 Å². The molecule has 0 aromatic carbocycles. The van der Waals surface area contributed by atoms with Gasteiger partial charge in [0.05, 0.1) is 18.7 Å². The summed E-state index contributed by atoms with van der Waals surface area (Å²) in [5.74, 6) is 0. The first-order chi connectivity index (χ1) is 9.72. The molecule has 0 aliphatic carbocycles. The summed E-state index contributed by atoms with van der Waals surface area (Å²) in [5, 5.41) is 0. The first kappa shape index (κ1) is 21.4. The molecular weight excluding hydrogens is 328 g/mol. The topological polar surface area (TPSA) is 64.6 Å². The second kappa shape index (κ2) is 9.50. The summed E-state index contributed by atoms with van der Waals surface area (Å²) in [5.41, 5.74) is 0. The molecule has 128 valence electrons. The van der Waals surface area contributed by atoms with Gasteiger partial charge in [-0.3, -0.25) is 0 Å². The summed E-state index contributed by atoms with van der Waals surface area (Å²) >= 11 is 0. The second-order valence-corrected chi connectivity index (χ2v) is 15.4. The van der Waals surface area contributed by atoms with Gasteiger partial charge >= 0.3 is 25.7 Å². The molecule has 0 rings (SSSR count). The molecule has 21 heavy (non-hydrogen) atoms. The average molecular weight is 359 g/mol. The van der Waals surface area contributed by atoms with Crippen LogP contribution in [-0.2, 0) is 31.3 Å². The molecule has 0 saturated heterocycles. The Hall–Kier alpha value is 0.371. The van der Waals surface area contributed by atoms with Gasteiger partial charge in [0, 0.05) is 35.5 Å². The van der Waals surface area contributed by atoms with E-state index in [0.29, 0.717) is 18.7 Å². The van der Waals surface area contributed by atoms with Crippen LogP contribution >= 0.6 is 0 Å². The third-order valence-electron chi connectivity index (χ3n) is 2.95. The van der Waals surface area contributed by atoms with E-state index in [1.54, 1.807) is 35.5 Å². The standard InChI is InChI=1S/C11H30O7Si3/c1-12-9-19(6,15-4)17-21(8,11-14-3)18-20(7,16-5)10-13-2/h9-11H2,1-8H3. The molecule has 10 heteroatoms. The van der Waals surface area contributed by atoms with Crippen molar-refractivity contribution in [1.82, 2.24) is 0 Å². The highest BCUT2D eigenvalue weighted by Crippen LogP contribution is 2.22. The number of hydrogen-bond donors (Lipinski definition) is 0. The smallest absolute Gasteiger partial charge is 0.352 e. The Labute approximate surface area is 131 Å². The summed E-state index contributed by atoms with van der Waals surface area (Å²) < 4.78 is 39.4. The highest BCUT2D eigenvalue weighted by atomic mass is 28.5. The quantitative estimate of drug-likeness (QED) is 0.484. The number of ether oxygens (including phenoxy) is 3. The van der Waals surface area contributed by atoms with E-state index in [2.05, 4.69) is 0 Å². The van der Waals surface area contributed by atoms with Gasteiger partial charge in [-0.05, 0) is 19.6 Å². The van der Waals surface area contributed by atoms with Crippen LogP contribution in [-0.4, -0.2) is 79.9 Å². The van der Waals surface area contributed by atoms with E-state index in [4.69, 9.17) is 31.3 Å². The minimum absolute atomic E-state index is 0.387. The predicted molar refractivity (Wildman–Crippen MR) is 86.7 cm³/mol. The fourth-order valence-electron chi connectivity index (χ4n) is 2.04. The molecule has 7 nitrogen and oxygen atoms in total. The number of rotatable bonds is 12. The van der Waals surface area contributed by atoms with Crippen LogP contribution in [0.1, 0.15) is 0 Å². The maximum absolute atomic E-state index is 6.28. The first-order valence-electron chi connectivity index (χ1n) is 6.69. The molecule has 0 bridgehead atoms. The minimum Gasteiger partial charge on any atom is -0.413 e. The predicted octanol–water partition coefficient (Wildman–Crippen LogP) is 1.09. The second-order valence-electron chi connectivity index (χ2n) is 5.31. The Morgan fingerprint density at radius 3 is 1.05 bits per heavy atom. The zero-order valence-corrected chi connectivity index (χ0v) is 17.5. The van der Waals surface area contributed by atoms with Crippen LogP contribution in [0.4, 0.5) is 0 Å². The maximum atomic E-state index is 6.28. The van der Waals surface area contributed by atoms with Crippen molar-refractivity contribution in [3.63, 3.8) is 0 Å². The van der Waals surface area contributed by atoms with Crippen molar-refractivity contribution >= 4 is 25.7 Å². The highest BCUT2D eigenvalue weighted by Gasteiger charge is 2.48. The van der Waals surface area contributed by atoms with Crippen molar-refractivity contribution in [3.8, 4) is 0 Å². The Balaban J connectivity index is 5.13. The van der Waals surface area contributed by atoms with Gasteiger partial charge in [-0.1, -0.05) is 0 Å². The molecule has 0 saturated carbocycles. The monoisotopic (exact) mass is 358 g/mol. The summed E-state index contributed by atoms with van der Waals surface area (Å²) in [6, 6.07) is 0. The van der Waals surface area contributed by atoms with Crippen molar-refractivity contribution in [2.45, 2.75) is 19.6 Å². The molecule has 0 aliphatic rings. The molecule has 2 unspecified atom stereocenters. The summed E-state index contributed by atoms with van der Waals surface area (Å²) in [4.78, 5) is 0. The molecule has 0 amide bonds. The Bertz CT molecular complexity index is 275. The average Bonchev–Trinajstić information content (AvgIpc) is 2.39. The highest BCUT2D eigenvalue weighted by molar-refractivity contribution is 6.85. The van der Waals surface area contributed by atoms with Gasteiger partial charge < -0.3 is 31.3 Å². The minimum atomic E-state index is -2.65. The normalized spacial score (nSPS) is 20.6. The van der Waals surface area contributed by atoms with Crippen LogP contribution in [0.25, 0.3) is 0 Å². The van der Waals surface area contributed by atoms with Gasteiger partial charge in [0.2, 0.25) is 0 Å². The van der Waals surface area contributed by atoms with E-state index in [0.717, 1.165) is 0 Å². The van der Waals surface area contributed by atoms with Crippen LogP contribution in [0, 0.1) is 0 Å². The third-order valence-corrected chi connectivity index (χ3v) is 14.0. The Morgan fingerprint density at radius 1 is 0.524 bits per heavy atom. The molecule has 0 radical (unpaired) electrons. The first-order valence-corrected chi connectivity index (χ1v) is 14.3. The summed E-state index contributed by atoms with van der Waals surface area (Å²) in [7, 11) is 0.562. The third kappa shape index (κ3) is 7.45. The fourth-order valence-corrected chi connectivity index (χ4v) is 13.3. The summed E-state index contributed by atoms with van der Waals surface area (Å²) in [6.07, 6.45) is 1.24. The van der Waals surface area contributed by atoms with Crippen molar-refractivity contribution in [2.75, 3.05) is 54.2 Å². The van der Waals surface area contributed by atoms with Crippen molar-refractivity contribution in [1.29, 1.82) is 0 Å². The van der Waals surface area contributed by atoms with Gasteiger partial charge in [-0.25, -0.2) is 0 Å². The molecule has 0 aliphatic heterocycles. The van der Waals surface area contributed by atoms with Crippen molar-refractivity contribution < 1.29 is 31.3 Å². The van der Waals surface area contributed by atoms with E-state index in [1.807, 2.05) is 19.6 Å². The van der Waals surface area contributed by atoms with Gasteiger partial charge in [-0.2, -0.15) is 0 Å². The molecule has 0 aromatic rings. The lowest BCUT2D eigenvalue weighted by Gasteiger charge is -2.39. The Morgan fingerprint density at radius 2 is 0.810 bits per heavy atom. The van der Waals surface area contributed by atoms with E-state index in [9.17, 15) is 0 Å². The van der Waals surface area contributed by atoms with Crippen molar-refractivity contribution in [2.24, 2.45) is 0 Å². The molecule has 0 spiro atoms. The van der Waals surface area contributed by atoms with E-state index >= 15 is 0 Å². The summed E-state index contributed by atoms with van der Waals surface area (Å²) in [6.45, 7) is 5.85. The molecule has 0 N–H and O–H groups in total. The van der Waals surface area contributed by atoms with Crippen LogP contribution in [0.5, 0.6) is 0 Å². The zero-order chi connectivity index (χ0) is 16.6. The Kier molecular flexibility index (Phi) is 9.66. The lowest BCUT2D eigenvalue weighted by Crippen LogP contribution is -2.62. The van der Waals surface area contributed by atoms with E-state index < -0.39 is 25.7 Å². The number of hydrogen-bond acceptors (Lipinski definition) is 7. The lowest BCUT2D eigenvalue weighted by atomic mass is 11.5. The maximum Gasteiger partial charge on any atom is 0.352 e. The molecule has 0 fully saturated rings. The molecule has 0 aromatic heterocycles. The van der Waals surface area contributed by atoms with Crippen LogP contribution < -0.4 is 0 Å². The van der Waals surface area contributed by atoms with Gasteiger partial charge in [-0.15, -0.1) is 0 Å². The molecule has 0 heterocycles.